The van der Waals surface area contributed by atoms with Crippen LogP contribution in [0.2, 0.25) is 0 Å². The number of furan rings is 1. The van der Waals surface area contributed by atoms with Crippen molar-refractivity contribution in [1.29, 1.82) is 0 Å². The number of nitrogens with one attached hydrogen (secondary N) is 1. The van der Waals surface area contributed by atoms with Gasteiger partial charge in [0.25, 0.3) is 11.7 Å². The van der Waals surface area contributed by atoms with Crippen LogP contribution in [-0.4, -0.2) is 71.8 Å². The number of aromatic amines is 1. The maximum Gasteiger partial charge on any atom is 0.354 e. The molecular formula is C22H27N3O6. The second kappa shape index (κ2) is 8.43. The molecule has 2 aromatic rings. The number of amides is 1. The van der Waals surface area contributed by atoms with E-state index in [1.807, 2.05) is 19.0 Å². The summed E-state index contributed by atoms with van der Waals surface area (Å²) >= 11 is 0. The molecule has 0 aromatic carbocycles. The summed E-state index contributed by atoms with van der Waals surface area (Å²) in [6.07, 6.45) is 0. The summed E-state index contributed by atoms with van der Waals surface area (Å²) in [6.45, 7) is 5.87. The third-order valence-corrected chi connectivity index (χ3v) is 5.42. The van der Waals surface area contributed by atoms with Crippen LogP contribution in [0.25, 0.3) is 5.76 Å². The third kappa shape index (κ3) is 3.88. The Kier molecular flexibility index (Phi) is 6.08. The monoisotopic (exact) mass is 429 g/mol. The molecule has 3 heterocycles. The van der Waals surface area contributed by atoms with E-state index in [4.69, 9.17) is 9.15 Å². The van der Waals surface area contributed by atoms with Gasteiger partial charge in [0.2, 0.25) is 0 Å². The molecule has 2 N–H and O–H groups in total. The molecule has 0 aliphatic carbocycles. The van der Waals surface area contributed by atoms with Gasteiger partial charge in [0.05, 0.1) is 12.7 Å². The van der Waals surface area contributed by atoms with Crippen molar-refractivity contribution in [3.63, 3.8) is 0 Å². The average Bonchev–Trinajstić information content (AvgIpc) is 3.34. The van der Waals surface area contributed by atoms with Crippen LogP contribution in [0.5, 0.6) is 0 Å². The Morgan fingerprint density at radius 2 is 1.94 bits per heavy atom. The van der Waals surface area contributed by atoms with Crippen LogP contribution in [0.4, 0.5) is 0 Å². The van der Waals surface area contributed by atoms with E-state index in [0.29, 0.717) is 34.9 Å². The molecule has 0 radical (unpaired) electrons. The van der Waals surface area contributed by atoms with Gasteiger partial charge in [-0.3, -0.25) is 9.59 Å². The summed E-state index contributed by atoms with van der Waals surface area (Å²) in [6, 6.07) is 2.56. The highest BCUT2D eigenvalue weighted by Gasteiger charge is 2.47. The zero-order valence-corrected chi connectivity index (χ0v) is 18.5. The predicted molar refractivity (Wildman–Crippen MR) is 113 cm³/mol. The highest BCUT2D eigenvalue weighted by atomic mass is 16.5. The molecule has 9 nitrogen and oxygen atoms in total. The van der Waals surface area contributed by atoms with Crippen molar-refractivity contribution >= 4 is 23.4 Å². The van der Waals surface area contributed by atoms with Crippen LogP contribution in [0.15, 0.2) is 22.1 Å². The molecule has 1 saturated heterocycles. The van der Waals surface area contributed by atoms with Crippen LogP contribution in [0.1, 0.15) is 44.9 Å². The molecule has 166 valence electrons. The fraction of sp³-hybridized carbons (Fsp3) is 0.409. The summed E-state index contributed by atoms with van der Waals surface area (Å²) < 4.78 is 10.5. The molecule has 0 bridgehead atoms. The first kappa shape index (κ1) is 22.4. The van der Waals surface area contributed by atoms with Crippen molar-refractivity contribution < 1.29 is 28.6 Å². The third-order valence-electron chi connectivity index (χ3n) is 5.42. The lowest BCUT2D eigenvalue weighted by atomic mass is 9.97. The van der Waals surface area contributed by atoms with Crippen molar-refractivity contribution in [2.45, 2.75) is 26.8 Å². The molecule has 0 saturated carbocycles. The molecule has 0 unspecified atom stereocenters. The number of aliphatic hydroxyl groups excluding tert-OH is 1. The number of Topliss-reactive ketones (excluding diaryl/α,β-unsaturated/α-hetero) is 1. The van der Waals surface area contributed by atoms with E-state index in [0.717, 1.165) is 0 Å². The predicted octanol–water partition coefficient (Wildman–Crippen LogP) is 2.30. The molecule has 1 fully saturated rings. The standard InChI is InChI=1S/C22H27N3O6/c1-11-7-8-14(31-11)18-16(20(27)21(28)25(18)10-9-24(4)5)19(26)15-12(2)17(22(29)30-6)23-13(15)3/h7-8,18,23,26H,9-10H2,1-6H3/t18-/m0/s1. The number of aromatic nitrogens is 1. The van der Waals surface area contributed by atoms with Gasteiger partial charge in [-0.2, -0.15) is 0 Å². The quantitative estimate of drug-likeness (QED) is 0.313. The van der Waals surface area contributed by atoms with Gasteiger partial charge in [0, 0.05) is 24.3 Å². The number of hydrogen-bond acceptors (Lipinski definition) is 7. The number of methoxy groups -OCH3 is 1. The Morgan fingerprint density at radius 3 is 2.48 bits per heavy atom. The summed E-state index contributed by atoms with van der Waals surface area (Å²) in [4.78, 5) is 44.1. The summed E-state index contributed by atoms with van der Waals surface area (Å²) in [5, 5.41) is 11.2. The Bertz CT molecular complexity index is 1080. The molecule has 1 atom stereocenters. The Labute approximate surface area is 180 Å². The Morgan fingerprint density at radius 1 is 1.26 bits per heavy atom. The van der Waals surface area contributed by atoms with Gasteiger partial charge in [-0.15, -0.1) is 0 Å². The van der Waals surface area contributed by atoms with Gasteiger partial charge in [-0.25, -0.2) is 4.79 Å². The normalized spacial score (nSPS) is 18.3. The molecule has 2 aromatic heterocycles. The molecule has 1 aliphatic rings. The van der Waals surface area contributed by atoms with E-state index in [1.54, 1.807) is 32.9 Å². The molecule has 3 rings (SSSR count). The second-order valence-electron chi connectivity index (χ2n) is 7.86. The largest absolute Gasteiger partial charge is 0.507 e. The lowest BCUT2D eigenvalue weighted by Gasteiger charge is -2.24. The van der Waals surface area contributed by atoms with Gasteiger partial charge in [-0.05, 0) is 52.6 Å². The van der Waals surface area contributed by atoms with Crippen LogP contribution >= 0.6 is 0 Å². The van der Waals surface area contributed by atoms with Crippen LogP contribution < -0.4 is 0 Å². The minimum atomic E-state index is -0.871. The van der Waals surface area contributed by atoms with Gasteiger partial charge in [0.1, 0.15) is 29.0 Å². The summed E-state index contributed by atoms with van der Waals surface area (Å²) in [7, 11) is 4.99. The maximum atomic E-state index is 13.0. The Balaban J connectivity index is 2.20. The van der Waals surface area contributed by atoms with Crippen LogP contribution in [0, 0.1) is 20.8 Å². The van der Waals surface area contributed by atoms with E-state index in [1.165, 1.54) is 12.0 Å². The number of esters is 1. The number of ketones is 1. The number of ether oxygens (including phenoxy) is 1. The lowest BCUT2D eigenvalue weighted by molar-refractivity contribution is -0.140. The van der Waals surface area contributed by atoms with Crippen molar-refractivity contribution in [2.24, 2.45) is 0 Å². The smallest absolute Gasteiger partial charge is 0.354 e. The zero-order chi connectivity index (χ0) is 23.0. The molecule has 1 amide bonds. The topological polar surface area (TPSA) is 116 Å². The fourth-order valence-corrected chi connectivity index (χ4v) is 3.86. The maximum absolute atomic E-state index is 13.0. The number of nitrogens with zero attached hydrogens (tertiary/aromatic N) is 2. The molecule has 1 aliphatic heterocycles. The molecule has 31 heavy (non-hydrogen) atoms. The Hall–Kier alpha value is -3.33. The van der Waals surface area contributed by atoms with Crippen molar-refractivity contribution in [3.8, 4) is 0 Å². The number of carbonyl (C=O) groups excluding carboxylic acids is 3. The van der Waals surface area contributed by atoms with Gasteiger partial charge >= 0.3 is 5.97 Å². The number of aliphatic hydroxyl groups is 1. The first-order valence-corrected chi connectivity index (χ1v) is 9.85. The van der Waals surface area contributed by atoms with Crippen molar-refractivity contribution in [1.82, 2.24) is 14.8 Å². The first-order chi connectivity index (χ1) is 14.6. The van der Waals surface area contributed by atoms with E-state index < -0.39 is 23.7 Å². The summed E-state index contributed by atoms with van der Waals surface area (Å²) in [5.41, 5.74) is 1.30. The molecule has 0 spiro atoms. The fourth-order valence-electron chi connectivity index (χ4n) is 3.86. The minimum Gasteiger partial charge on any atom is -0.507 e. The minimum absolute atomic E-state index is 0.0697. The number of H-pyrrole nitrogens is 1. The van der Waals surface area contributed by atoms with Crippen molar-refractivity contribution in [2.75, 3.05) is 34.3 Å². The van der Waals surface area contributed by atoms with Gasteiger partial charge in [-0.1, -0.05) is 0 Å². The number of carbonyl (C=O) groups is 3. The SMILES string of the molecule is COC(=O)c1[nH]c(C)c(C(O)=C2C(=O)C(=O)N(CCN(C)C)[C@H]2c2ccc(C)o2)c1C. The van der Waals surface area contributed by atoms with E-state index in [2.05, 4.69) is 4.98 Å². The molecular weight excluding hydrogens is 402 g/mol. The zero-order valence-electron chi connectivity index (χ0n) is 18.5. The highest BCUT2D eigenvalue weighted by Crippen LogP contribution is 2.41. The van der Waals surface area contributed by atoms with E-state index >= 15 is 0 Å². The number of hydrogen-bond donors (Lipinski definition) is 2. The van der Waals surface area contributed by atoms with Crippen LogP contribution in [0.3, 0.4) is 0 Å². The summed E-state index contributed by atoms with van der Waals surface area (Å²) in [5.74, 6) is -1.45. The van der Waals surface area contributed by atoms with Crippen molar-refractivity contribution in [3.05, 3.63) is 51.7 Å². The van der Waals surface area contributed by atoms with E-state index in [9.17, 15) is 19.5 Å². The second-order valence-corrected chi connectivity index (χ2v) is 7.86. The average molecular weight is 429 g/mol. The van der Waals surface area contributed by atoms with Gasteiger partial charge < -0.3 is 29.0 Å². The number of likely N-dealkylation sites (tertiary alicyclic amines) is 1. The van der Waals surface area contributed by atoms with Gasteiger partial charge in [0.15, 0.2) is 0 Å². The lowest BCUT2D eigenvalue weighted by Crippen LogP contribution is -2.35. The number of likely N-dealkylation sites (N-methyl/N-ethyl adjacent to an activating group) is 1. The van der Waals surface area contributed by atoms with Crippen LogP contribution in [-0.2, 0) is 14.3 Å². The highest BCUT2D eigenvalue weighted by molar-refractivity contribution is 6.46. The number of rotatable bonds is 6. The number of aryl methyl sites for hydroxylation is 2. The van der Waals surface area contributed by atoms with E-state index in [-0.39, 0.29) is 23.6 Å². The molecule has 9 heteroatoms. The first-order valence-electron chi connectivity index (χ1n) is 9.85.